The lowest BCUT2D eigenvalue weighted by Crippen LogP contribution is -2.49. The van der Waals surface area contributed by atoms with E-state index >= 15 is 0 Å². The number of hydrogen-bond donors (Lipinski definition) is 0. The van der Waals surface area contributed by atoms with Crippen LogP contribution in [-0.4, -0.2) is 29.8 Å². The van der Waals surface area contributed by atoms with Gasteiger partial charge in [0.05, 0.1) is 0 Å². The predicted molar refractivity (Wildman–Crippen MR) is 50.4 cm³/mol. The van der Waals surface area contributed by atoms with Crippen LogP contribution in [0.25, 0.3) is 0 Å². The van der Waals surface area contributed by atoms with Gasteiger partial charge in [-0.2, -0.15) is 0 Å². The fourth-order valence-electron chi connectivity index (χ4n) is 2.97. The lowest BCUT2D eigenvalue weighted by atomic mass is 9.76. The lowest BCUT2D eigenvalue weighted by Gasteiger charge is -2.40. The van der Waals surface area contributed by atoms with Crippen molar-refractivity contribution in [1.82, 2.24) is 4.90 Å². The van der Waals surface area contributed by atoms with Crippen molar-refractivity contribution in [3.63, 3.8) is 0 Å². The highest BCUT2D eigenvalue weighted by atomic mass is 16.1. The molecule has 0 amide bonds. The summed E-state index contributed by atoms with van der Waals surface area (Å²) in [4.78, 5) is 14.3. The maximum absolute atomic E-state index is 11.8. The molecular weight excluding hydrogens is 162 g/mol. The Hall–Kier alpha value is -0.370. The molecule has 2 nitrogen and oxygen atoms in total. The van der Waals surface area contributed by atoms with E-state index in [9.17, 15) is 4.79 Å². The topological polar surface area (TPSA) is 20.3 Å². The Labute approximate surface area is 79.3 Å². The summed E-state index contributed by atoms with van der Waals surface area (Å²) in [7, 11) is 0. The first-order valence-corrected chi connectivity index (χ1v) is 5.62. The zero-order chi connectivity index (χ0) is 8.84. The maximum Gasteiger partial charge on any atom is 0.141 e. The van der Waals surface area contributed by atoms with Crippen molar-refractivity contribution >= 4 is 5.78 Å². The van der Waals surface area contributed by atoms with E-state index in [0.29, 0.717) is 17.6 Å². The second kappa shape index (κ2) is 2.81. The second-order valence-corrected chi connectivity index (χ2v) is 4.91. The molecule has 0 unspecified atom stereocenters. The molecule has 2 aliphatic carbocycles. The van der Waals surface area contributed by atoms with Gasteiger partial charge in [-0.05, 0) is 25.7 Å². The summed E-state index contributed by atoms with van der Waals surface area (Å²) in [5.41, 5.74) is 0. The van der Waals surface area contributed by atoms with Gasteiger partial charge >= 0.3 is 0 Å². The van der Waals surface area contributed by atoms with Crippen LogP contribution in [0.5, 0.6) is 0 Å². The van der Waals surface area contributed by atoms with Crippen molar-refractivity contribution in [1.29, 1.82) is 0 Å². The molecule has 0 N–H and O–H groups in total. The van der Waals surface area contributed by atoms with Crippen molar-refractivity contribution in [3.05, 3.63) is 0 Å². The molecule has 0 aromatic rings. The molecule has 0 aromatic heterocycles. The number of hydrogen-bond acceptors (Lipinski definition) is 2. The Morgan fingerprint density at radius 2 is 1.62 bits per heavy atom. The summed E-state index contributed by atoms with van der Waals surface area (Å²) in [5.74, 6) is 1.41. The van der Waals surface area contributed by atoms with Gasteiger partial charge in [-0.3, -0.25) is 9.69 Å². The smallest absolute Gasteiger partial charge is 0.141 e. The van der Waals surface area contributed by atoms with Crippen molar-refractivity contribution in [3.8, 4) is 0 Å². The Balaban J connectivity index is 1.75. The monoisotopic (exact) mass is 179 g/mol. The number of rotatable bonds is 1. The van der Waals surface area contributed by atoms with Gasteiger partial charge in [-0.15, -0.1) is 0 Å². The van der Waals surface area contributed by atoms with Gasteiger partial charge in [0.1, 0.15) is 5.78 Å². The summed E-state index contributed by atoms with van der Waals surface area (Å²) >= 11 is 0. The molecule has 1 heterocycles. The normalized spacial score (nSPS) is 40.8. The van der Waals surface area contributed by atoms with E-state index in [1.165, 1.54) is 32.1 Å². The van der Waals surface area contributed by atoms with Crippen LogP contribution in [0.15, 0.2) is 0 Å². The molecule has 2 heteroatoms. The molecule has 2 saturated carbocycles. The minimum atomic E-state index is 0.410. The van der Waals surface area contributed by atoms with E-state index in [1.54, 1.807) is 0 Å². The Morgan fingerprint density at radius 1 is 1.00 bits per heavy atom. The van der Waals surface area contributed by atoms with Gasteiger partial charge in [0.15, 0.2) is 0 Å². The molecule has 13 heavy (non-hydrogen) atoms. The third-order valence-electron chi connectivity index (χ3n) is 3.88. The Bertz CT molecular complexity index is 218. The number of piperidine rings is 1. The molecular formula is C11H17NO. The third kappa shape index (κ3) is 1.32. The third-order valence-corrected chi connectivity index (χ3v) is 3.88. The molecule has 2 bridgehead atoms. The van der Waals surface area contributed by atoms with Crippen LogP contribution >= 0.6 is 0 Å². The fraction of sp³-hybridized carbons (Fsp3) is 0.909. The zero-order valence-corrected chi connectivity index (χ0v) is 8.04. The predicted octanol–water partition coefficient (Wildman–Crippen LogP) is 1.45. The second-order valence-electron chi connectivity index (χ2n) is 4.91. The molecule has 3 aliphatic rings. The summed E-state index contributed by atoms with van der Waals surface area (Å²) in [6.45, 7) is 2.17. The highest BCUT2D eigenvalue weighted by Gasteiger charge is 2.42. The van der Waals surface area contributed by atoms with Gasteiger partial charge in [0.25, 0.3) is 0 Å². The molecule has 1 saturated heterocycles. The van der Waals surface area contributed by atoms with E-state index in [2.05, 4.69) is 4.90 Å². The van der Waals surface area contributed by atoms with Crippen LogP contribution in [0.2, 0.25) is 0 Å². The number of ketones is 1. The van der Waals surface area contributed by atoms with Crippen molar-refractivity contribution < 1.29 is 4.79 Å². The number of likely N-dealkylation sites (tertiary alicyclic amines) is 1. The van der Waals surface area contributed by atoms with E-state index in [0.717, 1.165) is 19.1 Å². The number of fused-ring (bicyclic) bond motifs is 2. The van der Waals surface area contributed by atoms with Gasteiger partial charge < -0.3 is 0 Å². The van der Waals surface area contributed by atoms with Gasteiger partial charge in [0.2, 0.25) is 0 Å². The fourth-order valence-corrected chi connectivity index (χ4v) is 2.97. The maximum atomic E-state index is 11.8. The number of nitrogens with zero attached hydrogens (tertiary/aromatic N) is 1. The summed E-state index contributed by atoms with van der Waals surface area (Å²) < 4.78 is 0. The first-order valence-electron chi connectivity index (χ1n) is 5.62. The molecule has 72 valence electrons. The van der Waals surface area contributed by atoms with E-state index in [-0.39, 0.29) is 0 Å². The van der Waals surface area contributed by atoms with Crippen LogP contribution in [0.4, 0.5) is 0 Å². The Morgan fingerprint density at radius 3 is 2.15 bits per heavy atom. The standard InChI is InChI=1S/C11H17NO/c13-11-8-2-1-3-9(11)7-12(6-8)10-4-5-10/h8-10H,1-7H2/t8-,9+. The van der Waals surface area contributed by atoms with Crippen LogP contribution in [0.1, 0.15) is 32.1 Å². The summed E-state index contributed by atoms with van der Waals surface area (Å²) in [6.07, 6.45) is 6.39. The van der Waals surface area contributed by atoms with Crippen LogP contribution in [0.3, 0.4) is 0 Å². The molecule has 0 spiro atoms. The van der Waals surface area contributed by atoms with E-state index < -0.39 is 0 Å². The van der Waals surface area contributed by atoms with E-state index in [1.807, 2.05) is 0 Å². The Kier molecular flexibility index (Phi) is 1.72. The first kappa shape index (κ1) is 7.98. The lowest BCUT2D eigenvalue weighted by molar-refractivity contribution is -0.134. The van der Waals surface area contributed by atoms with Gasteiger partial charge in [-0.25, -0.2) is 0 Å². The SMILES string of the molecule is O=C1[C@@H]2CCC[C@H]1CN(C1CC1)C2. The van der Waals surface area contributed by atoms with Gasteiger partial charge in [0, 0.05) is 31.0 Å². The molecule has 1 aliphatic heterocycles. The van der Waals surface area contributed by atoms with Gasteiger partial charge in [-0.1, -0.05) is 6.42 Å². The largest absolute Gasteiger partial charge is 0.299 e. The minimum Gasteiger partial charge on any atom is -0.299 e. The summed E-state index contributed by atoms with van der Waals surface area (Å²) in [6, 6.07) is 0.858. The number of Topliss-reactive ketones (excluding diaryl/α,β-unsaturated/α-hetero) is 1. The summed E-state index contributed by atoms with van der Waals surface area (Å²) in [5, 5.41) is 0. The average Bonchev–Trinajstić information content (AvgIpc) is 2.85. The number of carbonyl (C=O) groups is 1. The molecule has 0 aromatic carbocycles. The first-order chi connectivity index (χ1) is 6.34. The van der Waals surface area contributed by atoms with E-state index in [4.69, 9.17) is 0 Å². The average molecular weight is 179 g/mol. The quantitative estimate of drug-likeness (QED) is 0.607. The molecule has 3 fully saturated rings. The highest BCUT2D eigenvalue weighted by Crippen LogP contribution is 2.37. The molecule has 0 radical (unpaired) electrons. The zero-order valence-electron chi connectivity index (χ0n) is 8.04. The minimum absolute atomic E-state index is 0.410. The van der Waals surface area contributed by atoms with Crippen LogP contribution in [-0.2, 0) is 4.79 Å². The highest BCUT2D eigenvalue weighted by molar-refractivity contribution is 5.85. The molecule has 2 atom stereocenters. The van der Waals surface area contributed by atoms with Crippen molar-refractivity contribution in [2.75, 3.05) is 13.1 Å². The molecule has 3 rings (SSSR count). The van der Waals surface area contributed by atoms with Crippen molar-refractivity contribution in [2.24, 2.45) is 11.8 Å². The van der Waals surface area contributed by atoms with Crippen LogP contribution in [0, 0.1) is 11.8 Å². The van der Waals surface area contributed by atoms with Crippen molar-refractivity contribution in [2.45, 2.75) is 38.1 Å². The number of carbonyl (C=O) groups excluding carboxylic acids is 1. The van der Waals surface area contributed by atoms with Crippen LogP contribution < -0.4 is 0 Å².